The lowest BCUT2D eigenvalue weighted by Gasteiger charge is -2.01. The lowest BCUT2D eigenvalue weighted by Crippen LogP contribution is -2.03. The van der Waals surface area contributed by atoms with Gasteiger partial charge in [0.2, 0.25) is 0 Å². The second kappa shape index (κ2) is 3.80. The van der Waals surface area contributed by atoms with Gasteiger partial charge in [0.05, 0.1) is 0 Å². The second-order valence-electron chi connectivity index (χ2n) is 2.41. The predicted molar refractivity (Wildman–Crippen MR) is 43.1 cm³/mol. The van der Waals surface area contributed by atoms with Gasteiger partial charge in [0.15, 0.2) is 6.29 Å². The Morgan fingerprint density at radius 2 is 2.00 bits per heavy atom. The first-order valence-electron chi connectivity index (χ1n) is 3.61. The summed E-state index contributed by atoms with van der Waals surface area (Å²) < 4.78 is 4.93. The summed E-state index contributed by atoms with van der Waals surface area (Å²) in [4.78, 5) is 17.9. The molecule has 0 saturated heterocycles. The van der Waals surface area contributed by atoms with E-state index in [9.17, 15) is 4.79 Å². The zero-order valence-electron chi connectivity index (χ0n) is 7.07. The number of carbonyl (C=O) groups is 1. The lowest BCUT2D eigenvalue weighted by atomic mass is 10.4. The van der Waals surface area contributed by atoms with Crippen molar-refractivity contribution in [2.45, 2.75) is 13.8 Å². The minimum absolute atomic E-state index is 0.00287. The summed E-state index contributed by atoms with van der Waals surface area (Å²) in [6, 6.07) is 2.10. The summed E-state index contributed by atoms with van der Waals surface area (Å²) in [6.45, 7) is 3.70. The standard InChI is InChI=1S/C8H10N2O2/c1-6-5-7(2)10-8(9-6)12-4-3-11/h3,5H,4H2,1-2H3. The Balaban J connectivity index is 2.78. The van der Waals surface area contributed by atoms with E-state index in [-0.39, 0.29) is 12.6 Å². The first-order valence-corrected chi connectivity index (χ1v) is 3.61. The van der Waals surface area contributed by atoms with Crippen LogP contribution in [-0.4, -0.2) is 22.9 Å². The minimum Gasteiger partial charge on any atom is -0.456 e. The molecule has 0 bridgehead atoms. The molecule has 0 saturated carbocycles. The highest BCUT2D eigenvalue weighted by Gasteiger charge is 1.98. The monoisotopic (exact) mass is 166 g/mol. The number of hydrogen-bond donors (Lipinski definition) is 0. The summed E-state index contributed by atoms with van der Waals surface area (Å²) >= 11 is 0. The molecule has 4 nitrogen and oxygen atoms in total. The minimum atomic E-state index is 0.00287. The van der Waals surface area contributed by atoms with E-state index >= 15 is 0 Å². The summed E-state index contributed by atoms with van der Waals surface area (Å²) in [6.07, 6.45) is 0.668. The Kier molecular flexibility index (Phi) is 2.74. The Morgan fingerprint density at radius 3 is 2.50 bits per heavy atom. The van der Waals surface area contributed by atoms with Crippen molar-refractivity contribution >= 4 is 6.29 Å². The zero-order valence-corrected chi connectivity index (χ0v) is 7.07. The Labute approximate surface area is 70.6 Å². The van der Waals surface area contributed by atoms with Crippen LogP contribution in [0.25, 0.3) is 0 Å². The van der Waals surface area contributed by atoms with Crippen molar-refractivity contribution in [3.63, 3.8) is 0 Å². The van der Waals surface area contributed by atoms with Gasteiger partial charge < -0.3 is 4.74 Å². The molecule has 0 fully saturated rings. The van der Waals surface area contributed by atoms with E-state index in [1.54, 1.807) is 0 Å². The molecular formula is C8H10N2O2. The average molecular weight is 166 g/mol. The van der Waals surface area contributed by atoms with Crippen LogP contribution < -0.4 is 4.74 Å². The SMILES string of the molecule is Cc1cc(C)nc(OCC=O)n1. The Hall–Kier alpha value is -1.45. The van der Waals surface area contributed by atoms with E-state index in [1.165, 1.54) is 0 Å². The number of nitrogens with zero attached hydrogens (tertiary/aromatic N) is 2. The van der Waals surface area contributed by atoms with Crippen LogP contribution in [0.2, 0.25) is 0 Å². The second-order valence-corrected chi connectivity index (χ2v) is 2.41. The van der Waals surface area contributed by atoms with Crippen LogP contribution in [0.4, 0.5) is 0 Å². The van der Waals surface area contributed by atoms with Gasteiger partial charge in [-0.25, -0.2) is 9.97 Å². The smallest absolute Gasteiger partial charge is 0.317 e. The topological polar surface area (TPSA) is 52.1 Å². The van der Waals surface area contributed by atoms with E-state index < -0.39 is 0 Å². The number of ether oxygens (including phenoxy) is 1. The number of hydrogen-bond acceptors (Lipinski definition) is 4. The highest BCUT2D eigenvalue weighted by Crippen LogP contribution is 2.04. The number of carbonyl (C=O) groups excluding carboxylic acids is 1. The van der Waals surface area contributed by atoms with Crippen molar-refractivity contribution in [2.75, 3.05) is 6.61 Å². The number of aryl methyl sites for hydroxylation is 2. The summed E-state index contributed by atoms with van der Waals surface area (Å²) in [5, 5.41) is 0. The van der Waals surface area contributed by atoms with E-state index in [2.05, 4.69) is 9.97 Å². The third kappa shape index (κ3) is 2.30. The van der Waals surface area contributed by atoms with Crippen LogP contribution in [-0.2, 0) is 4.79 Å². The van der Waals surface area contributed by atoms with E-state index in [4.69, 9.17) is 4.74 Å². The quantitative estimate of drug-likeness (QED) is 0.619. The van der Waals surface area contributed by atoms with Crippen molar-refractivity contribution in [1.29, 1.82) is 0 Å². The van der Waals surface area contributed by atoms with Gasteiger partial charge >= 0.3 is 6.01 Å². The van der Waals surface area contributed by atoms with Crippen LogP contribution in [0.1, 0.15) is 11.4 Å². The highest BCUT2D eigenvalue weighted by molar-refractivity contribution is 5.51. The molecule has 0 unspecified atom stereocenters. The molecule has 0 radical (unpaired) electrons. The largest absolute Gasteiger partial charge is 0.456 e. The third-order valence-corrected chi connectivity index (χ3v) is 1.24. The molecular weight excluding hydrogens is 156 g/mol. The van der Waals surface area contributed by atoms with Crippen molar-refractivity contribution in [3.05, 3.63) is 17.5 Å². The molecule has 0 atom stereocenters. The van der Waals surface area contributed by atoms with Crippen molar-refractivity contribution in [3.8, 4) is 6.01 Å². The third-order valence-electron chi connectivity index (χ3n) is 1.24. The fraction of sp³-hybridized carbons (Fsp3) is 0.375. The van der Waals surface area contributed by atoms with Gasteiger partial charge in [-0.3, -0.25) is 4.79 Å². The number of aromatic nitrogens is 2. The van der Waals surface area contributed by atoms with Crippen molar-refractivity contribution in [2.24, 2.45) is 0 Å². The molecule has 0 aliphatic carbocycles. The summed E-state index contributed by atoms with van der Waals surface area (Å²) in [5.41, 5.74) is 1.67. The maximum absolute atomic E-state index is 9.97. The fourth-order valence-electron chi connectivity index (χ4n) is 0.867. The molecule has 0 amide bonds. The van der Waals surface area contributed by atoms with E-state index in [1.807, 2.05) is 19.9 Å². The fourth-order valence-corrected chi connectivity index (χ4v) is 0.867. The van der Waals surface area contributed by atoms with Gasteiger partial charge in [0, 0.05) is 11.4 Å². The van der Waals surface area contributed by atoms with Crippen molar-refractivity contribution < 1.29 is 9.53 Å². The van der Waals surface area contributed by atoms with Gasteiger partial charge in [0.25, 0.3) is 0 Å². The normalized spacial score (nSPS) is 9.50. The zero-order chi connectivity index (χ0) is 8.97. The first-order chi connectivity index (χ1) is 5.72. The average Bonchev–Trinajstić information content (AvgIpc) is 1.99. The maximum atomic E-state index is 9.97. The van der Waals surface area contributed by atoms with Crippen LogP contribution in [0.3, 0.4) is 0 Å². The van der Waals surface area contributed by atoms with Gasteiger partial charge in [-0.05, 0) is 19.9 Å². The van der Waals surface area contributed by atoms with Crippen molar-refractivity contribution in [1.82, 2.24) is 9.97 Å². The molecule has 0 spiro atoms. The first kappa shape index (κ1) is 8.64. The molecule has 64 valence electrons. The molecule has 1 rings (SSSR count). The van der Waals surface area contributed by atoms with Gasteiger partial charge in [0.1, 0.15) is 6.61 Å². The summed E-state index contributed by atoms with van der Waals surface area (Å²) in [7, 11) is 0. The maximum Gasteiger partial charge on any atom is 0.317 e. The van der Waals surface area contributed by atoms with Gasteiger partial charge in [-0.2, -0.15) is 0 Å². The molecule has 0 N–H and O–H groups in total. The van der Waals surface area contributed by atoms with Crippen LogP contribution in [0, 0.1) is 13.8 Å². The Morgan fingerprint density at radius 1 is 1.42 bits per heavy atom. The Bertz CT molecular complexity index is 266. The molecule has 1 aromatic heterocycles. The van der Waals surface area contributed by atoms with Crippen LogP contribution in [0.5, 0.6) is 6.01 Å². The molecule has 0 aliphatic rings. The predicted octanol–water partition coefficient (Wildman–Crippen LogP) is 0.671. The van der Waals surface area contributed by atoms with Gasteiger partial charge in [-0.1, -0.05) is 0 Å². The lowest BCUT2D eigenvalue weighted by molar-refractivity contribution is -0.109. The molecule has 4 heteroatoms. The number of rotatable bonds is 3. The molecule has 12 heavy (non-hydrogen) atoms. The number of aldehydes is 1. The van der Waals surface area contributed by atoms with E-state index in [0.717, 1.165) is 11.4 Å². The van der Waals surface area contributed by atoms with Crippen LogP contribution in [0.15, 0.2) is 6.07 Å². The molecule has 1 aromatic rings. The van der Waals surface area contributed by atoms with E-state index in [0.29, 0.717) is 6.29 Å². The molecule has 0 aromatic carbocycles. The van der Waals surface area contributed by atoms with Crippen LogP contribution >= 0.6 is 0 Å². The molecule has 0 aliphatic heterocycles. The highest BCUT2D eigenvalue weighted by atomic mass is 16.5. The van der Waals surface area contributed by atoms with Gasteiger partial charge in [-0.15, -0.1) is 0 Å². The summed E-state index contributed by atoms with van der Waals surface area (Å²) in [5.74, 6) is 0. The molecule has 1 heterocycles.